The maximum Gasteiger partial charge on any atom is 0.193 e. The molecule has 0 aliphatic carbocycles. The highest BCUT2D eigenvalue weighted by molar-refractivity contribution is 5.44. The first-order chi connectivity index (χ1) is 7.78. The van der Waals surface area contributed by atoms with Crippen molar-refractivity contribution >= 4 is 5.82 Å². The molecule has 7 heteroatoms. The van der Waals surface area contributed by atoms with Gasteiger partial charge in [-0.05, 0) is 19.1 Å². The van der Waals surface area contributed by atoms with Crippen molar-refractivity contribution in [2.75, 3.05) is 5.32 Å². The Morgan fingerprint density at radius 3 is 3.06 bits per heavy atom. The van der Waals surface area contributed by atoms with Gasteiger partial charge in [0.2, 0.25) is 0 Å². The topological polar surface area (TPSA) is 103 Å². The second-order valence-electron chi connectivity index (χ2n) is 3.18. The number of hydrogen-bond donors (Lipinski definition) is 2. The fourth-order valence-electron chi connectivity index (χ4n) is 1.25. The van der Waals surface area contributed by atoms with Gasteiger partial charge in [0.15, 0.2) is 5.82 Å². The molecule has 16 heavy (non-hydrogen) atoms. The summed E-state index contributed by atoms with van der Waals surface area (Å²) in [6.45, 7) is 2.25. The first kappa shape index (κ1) is 10.0. The van der Waals surface area contributed by atoms with Crippen molar-refractivity contribution in [1.29, 1.82) is 5.26 Å². The Morgan fingerprint density at radius 2 is 2.38 bits per heavy atom. The van der Waals surface area contributed by atoms with Crippen LogP contribution >= 0.6 is 0 Å². The standard InChI is InChI=1S/C9H9N7/c1-6-2-7(4-10)3-8(12-6)11-5-9-13-15-16-14-9/h2-3H,5H2,1H3,(H,11,12)(H,13,14,15,16). The largest absolute Gasteiger partial charge is 0.363 e. The molecule has 0 spiro atoms. The zero-order valence-electron chi connectivity index (χ0n) is 8.60. The van der Waals surface area contributed by atoms with Crippen LogP contribution in [0, 0.1) is 18.3 Å². The quantitative estimate of drug-likeness (QED) is 0.767. The zero-order chi connectivity index (χ0) is 11.4. The molecule has 2 rings (SSSR count). The number of tetrazole rings is 1. The molecule has 80 valence electrons. The van der Waals surface area contributed by atoms with Crippen LogP contribution in [-0.2, 0) is 6.54 Å². The van der Waals surface area contributed by atoms with E-state index in [0.717, 1.165) is 5.69 Å². The second kappa shape index (κ2) is 4.35. The Morgan fingerprint density at radius 1 is 1.50 bits per heavy atom. The molecule has 0 unspecified atom stereocenters. The van der Waals surface area contributed by atoms with Crippen molar-refractivity contribution in [2.24, 2.45) is 0 Å². The maximum atomic E-state index is 8.79. The van der Waals surface area contributed by atoms with E-state index in [9.17, 15) is 0 Å². The number of rotatable bonds is 3. The molecule has 0 atom stereocenters. The van der Waals surface area contributed by atoms with Gasteiger partial charge >= 0.3 is 0 Å². The zero-order valence-corrected chi connectivity index (χ0v) is 8.60. The number of aryl methyl sites for hydroxylation is 1. The summed E-state index contributed by atoms with van der Waals surface area (Å²) in [7, 11) is 0. The lowest BCUT2D eigenvalue weighted by atomic mass is 10.2. The van der Waals surface area contributed by atoms with E-state index in [-0.39, 0.29) is 0 Å². The minimum Gasteiger partial charge on any atom is -0.363 e. The molecule has 0 aromatic carbocycles. The number of pyridine rings is 1. The monoisotopic (exact) mass is 215 g/mol. The lowest BCUT2D eigenvalue weighted by molar-refractivity contribution is 0.881. The predicted molar refractivity (Wildman–Crippen MR) is 55.2 cm³/mol. The van der Waals surface area contributed by atoms with Gasteiger partial charge in [0.25, 0.3) is 0 Å². The lowest BCUT2D eigenvalue weighted by Gasteiger charge is -2.03. The fraction of sp³-hybridized carbons (Fsp3) is 0.222. The lowest BCUT2D eigenvalue weighted by Crippen LogP contribution is -2.04. The minimum absolute atomic E-state index is 0.415. The summed E-state index contributed by atoms with van der Waals surface area (Å²) in [5.74, 6) is 1.17. The van der Waals surface area contributed by atoms with Crippen molar-refractivity contribution in [3.05, 3.63) is 29.2 Å². The number of aromatic amines is 1. The molecule has 2 N–H and O–H groups in total. The minimum atomic E-state index is 0.415. The molecular weight excluding hydrogens is 206 g/mol. The van der Waals surface area contributed by atoms with E-state index in [1.807, 2.05) is 6.92 Å². The molecular formula is C9H9N7. The third-order valence-electron chi connectivity index (χ3n) is 1.90. The Hall–Kier alpha value is -2.49. The van der Waals surface area contributed by atoms with Crippen LogP contribution in [0.3, 0.4) is 0 Å². The molecule has 0 saturated heterocycles. The van der Waals surface area contributed by atoms with E-state index >= 15 is 0 Å². The van der Waals surface area contributed by atoms with Gasteiger partial charge in [0.05, 0.1) is 18.2 Å². The average Bonchev–Trinajstić information content (AvgIpc) is 2.78. The van der Waals surface area contributed by atoms with Gasteiger partial charge in [0, 0.05) is 5.69 Å². The number of hydrogen-bond acceptors (Lipinski definition) is 6. The summed E-state index contributed by atoms with van der Waals surface area (Å²) in [5, 5.41) is 25.2. The van der Waals surface area contributed by atoms with E-state index in [1.165, 1.54) is 0 Å². The van der Waals surface area contributed by atoms with Crippen molar-refractivity contribution in [3.63, 3.8) is 0 Å². The first-order valence-corrected chi connectivity index (χ1v) is 4.63. The average molecular weight is 215 g/mol. The SMILES string of the molecule is Cc1cc(C#N)cc(NCc2nn[nH]n2)n1. The number of H-pyrrole nitrogens is 1. The Labute approximate surface area is 91.5 Å². The molecule has 7 nitrogen and oxygen atoms in total. The van der Waals surface area contributed by atoms with Crippen molar-refractivity contribution in [2.45, 2.75) is 13.5 Å². The number of nitriles is 1. The summed E-state index contributed by atoms with van der Waals surface area (Å²) in [4.78, 5) is 4.23. The summed E-state index contributed by atoms with van der Waals surface area (Å²) in [6.07, 6.45) is 0. The van der Waals surface area contributed by atoms with Crippen LogP contribution in [0.1, 0.15) is 17.1 Å². The van der Waals surface area contributed by atoms with Crippen LogP contribution in [0.2, 0.25) is 0 Å². The van der Waals surface area contributed by atoms with Crippen LogP contribution < -0.4 is 5.32 Å². The van der Waals surface area contributed by atoms with E-state index in [1.54, 1.807) is 12.1 Å². The van der Waals surface area contributed by atoms with E-state index < -0.39 is 0 Å². The van der Waals surface area contributed by atoms with Crippen molar-refractivity contribution < 1.29 is 0 Å². The molecule has 2 heterocycles. The predicted octanol–water partition coefficient (Wildman–Crippen LogP) is 0.387. The van der Waals surface area contributed by atoms with Crippen LogP contribution in [0.15, 0.2) is 12.1 Å². The first-order valence-electron chi connectivity index (χ1n) is 4.63. The summed E-state index contributed by atoms with van der Waals surface area (Å²) in [5.41, 5.74) is 1.36. The van der Waals surface area contributed by atoms with Crippen LogP contribution in [0.5, 0.6) is 0 Å². The number of anilines is 1. The van der Waals surface area contributed by atoms with E-state index in [2.05, 4.69) is 37.0 Å². The third kappa shape index (κ3) is 2.30. The summed E-state index contributed by atoms with van der Waals surface area (Å²) in [6, 6.07) is 5.47. The highest BCUT2D eigenvalue weighted by Gasteiger charge is 2.01. The van der Waals surface area contributed by atoms with Gasteiger partial charge in [0.1, 0.15) is 5.82 Å². The molecule has 0 saturated carbocycles. The third-order valence-corrected chi connectivity index (χ3v) is 1.90. The second-order valence-corrected chi connectivity index (χ2v) is 3.18. The van der Waals surface area contributed by atoms with Gasteiger partial charge in [-0.3, -0.25) is 0 Å². The summed E-state index contributed by atoms with van der Waals surface area (Å²) >= 11 is 0. The molecule has 0 aliphatic rings. The normalized spacial score (nSPS) is 9.75. The number of nitrogens with zero attached hydrogens (tertiary/aromatic N) is 5. The van der Waals surface area contributed by atoms with Gasteiger partial charge in [-0.15, -0.1) is 10.2 Å². The molecule has 0 radical (unpaired) electrons. The Kier molecular flexibility index (Phi) is 2.73. The molecule has 2 aromatic heterocycles. The van der Waals surface area contributed by atoms with Gasteiger partial charge < -0.3 is 5.32 Å². The number of aromatic nitrogens is 5. The highest BCUT2D eigenvalue weighted by atomic mass is 15.5. The smallest absolute Gasteiger partial charge is 0.193 e. The molecule has 0 bridgehead atoms. The summed E-state index contributed by atoms with van der Waals surface area (Å²) < 4.78 is 0. The van der Waals surface area contributed by atoms with Crippen LogP contribution in [0.4, 0.5) is 5.82 Å². The maximum absolute atomic E-state index is 8.79. The van der Waals surface area contributed by atoms with Crippen molar-refractivity contribution in [1.82, 2.24) is 25.6 Å². The highest BCUT2D eigenvalue weighted by Crippen LogP contribution is 2.09. The van der Waals surface area contributed by atoms with Crippen LogP contribution in [-0.4, -0.2) is 25.6 Å². The van der Waals surface area contributed by atoms with E-state index in [0.29, 0.717) is 23.8 Å². The van der Waals surface area contributed by atoms with Crippen molar-refractivity contribution in [3.8, 4) is 6.07 Å². The van der Waals surface area contributed by atoms with Crippen LogP contribution in [0.25, 0.3) is 0 Å². The fourth-order valence-corrected chi connectivity index (χ4v) is 1.25. The molecule has 0 amide bonds. The molecule has 0 fully saturated rings. The van der Waals surface area contributed by atoms with Gasteiger partial charge in [-0.25, -0.2) is 4.98 Å². The van der Waals surface area contributed by atoms with E-state index in [4.69, 9.17) is 5.26 Å². The molecule has 2 aromatic rings. The number of nitrogens with one attached hydrogen (secondary N) is 2. The Bertz CT molecular complexity index is 511. The molecule has 0 aliphatic heterocycles. The van der Waals surface area contributed by atoms with Gasteiger partial charge in [-0.1, -0.05) is 5.21 Å². The van der Waals surface area contributed by atoms with Gasteiger partial charge in [-0.2, -0.15) is 10.5 Å². The Balaban J connectivity index is 2.10.